The molecule has 0 heterocycles. The number of carbonyl (C=O) groups is 1. The zero-order chi connectivity index (χ0) is 14.5. The number of aliphatic hydroxyl groups is 1. The molecule has 1 atom stereocenters. The van der Waals surface area contributed by atoms with Crippen LogP contribution in [0.3, 0.4) is 0 Å². The van der Waals surface area contributed by atoms with Gasteiger partial charge in [-0.2, -0.15) is 0 Å². The Morgan fingerprint density at radius 2 is 1.89 bits per heavy atom. The SMILES string of the molecule is CS(=O)(=O)c1ccc(CNCC(O)CC(=O)O)cc1. The van der Waals surface area contributed by atoms with Crippen LogP contribution in [-0.4, -0.2) is 43.5 Å². The summed E-state index contributed by atoms with van der Waals surface area (Å²) in [5.74, 6) is -1.05. The fourth-order valence-corrected chi connectivity index (χ4v) is 2.14. The van der Waals surface area contributed by atoms with Crippen LogP contribution in [0, 0.1) is 0 Å². The summed E-state index contributed by atoms with van der Waals surface area (Å²) in [4.78, 5) is 10.6. The standard InChI is InChI=1S/C12H17NO5S/c1-19(17,18)11-4-2-9(3-5-11)7-13-8-10(14)6-12(15)16/h2-5,10,13-14H,6-8H2,1H3,(H,15,16). The molecule has 0 aliphatic rings. The van der Waals surface area contributed by atoms with E-state index >= 15 is 0 Å². The van der Waals surface area contributed by atoms with Gasteiger partial charge in [-0.1, -0.05) is 12.1 Å². The van der Waals surface area contributed by atoms with Gasteiger partial charge in [0.25, 0.3) is 0 Å². The van der Waals surface area contributed by atoms with E-state index < -0.39 is 21.9 Å². The van der Waals surface area contributed by atoms with E-state index in [-0.39, 0.29) is 17.9 Å². The molecule has 19 heavy (non-hydrogen) atoms. The largest absolute Gasteiger partial charge is 0.481 e. The first-order chi connectivity index (χ1) is 8.79. The molecule has 0 saturated heterocycles. The number of carboxylic acid groups (broad SMARTS) is 1. The van der Waals surface area contributed by atoms with E-state index in [1.54, 1.807) is 12.1 Å². The lowest BCUT2D eigenvalue weighted by Gasteiger charge is -2.09. The van der Waals surface area contributed by atoms with Crippen LogP contribution in [0.15, 0.2) is 29.2 Å². The lowest BCUT2D eigenvalue weighted by molar-refractivity contribution is -0.139. The van der Waals surface area contributed by atoms with Crippen molar-refractivity contribution in [1.29, 1.82) is 0 Å². The van der Waals surface area contributed by atoms with Crippen molar-refractivity contribution in [2.75, 3.05) is 12.8 Å². The molecule has 1 aromatic rings. The van der Waals surface area contributed by atoms with E-state index in [2.05, 4.69) is 5.32 Å². The summed E-state index contributed by atoms with van der Waals surface area (Å²) in [6, 6.07) is 6.37. The van der Waals surface area contributed by atoms with Crippen molar-refractivity contribution in [3.8, 4) is 0 Å². The van der Waals surface area contributed by atoms with Crippen LogP contribution < -0.4 is 5.32 Å². The Balaban J connectivity index is 2.45. The van der Waals surface area contributed by atoms with Crippen LogP contribution in [0.2, 0.25) is 0 Å². The molecule has 0 spiro atoms. The zero-order valence-electron chi connectivity index (χ0n) is 10.5. The summed E-state index contributed by atoms with van der Waals surface area (Å²) >= 11 is 0. The maximum absolute atomic E-state index is 11.2. The third-order valence-corrected chi connectivity index (χ3v) is 3.60. The lowest BCUT2D eigenvalue weighted by Crippen LogP contribution is -2.28. The molecule has 0 bridgehead atoms. The van der Waals surface area contributed by atoms with E-state index in [1.165, 1.54) is 12.1 Å². The number of aliphatic hydroxyl groups excluding tert-OH is 1. The Hall–Kier alpha value is -1.44. The van der Waals surface area contributed by atoms with E-state index in [0.717, 1.165) is 11.8 Å². The van der Waals surface area contributed by atoms with Gasteiger partial charge in [-0.25, -0.2) is 8.42 Å². The number of aliphatic carboxylic acids is 1. The van der Waals surface area contributed by atoms with E-state index in [4.69, 9.17) is 5.11 Å². The minimum Gasteiger partial charge on any atom is -0.481 e. The molecule has 0 amide bonds. The Labute approximate surface area is 112 Å². The molecule has 0 saturated carbocycles. The monoisotopic (exact) mass is 287 g/mol. The molecular formula is C12H17NO5S. The predicted molar refractivity (Wildman–Crippen MR) is 69.5 cm³/mol. The van der Waals surface area contributed by atoms with Gasteiger partial charge in [-0.3, -0.25) is 4.79 Å². The van der Waals surface area contributed by atoms with Crippen molar-refractivity contribution in [3.63, 3.8) is 0 Å². The molecule has 7 heteroatoms. The second kappa shape index (κ2) is 6.65. The third-order valence-electron chi connectivity index (χ3n) is 2.47. The topological polar surface area (TPSA) is 104 Å². The highest BCUT2D eigenvalue weighted by molar-refractivity contribution is 7.90. The van der Waals surface area contributed by atoms with Gasteiger partial charge in [0.05, 0.1) is 17.4 Å². The Kier molecular flexibility index (Phi) is 5.46. The van der Waals surface area contributed by atoms with E-state index in [9.17, 15) is 18.3 Å². The minimum atomic E-state index is -3.19. The zero-order valence-corrected chi connectivity index (χ0v) is 11.4. The van der Waals surface area contributed by atoms with Crippen molar-refractivity contribution in [2.45, 2.75) is 24.0 Å². The highest BCUT2D eigenvalue weighted by atomic mass is 32.2. The first-order valence-corrected chi connectivity index (χ1v) is 7.58. The van der Waals surface area contributed by atoms with Crippen LogP contribution in [0.4, 0.5) is 0 Å². The maximum Gasteiger partial charge on any atom is 0.306 e. The molecule has 106 valence electrons. The van der Waals surface area contributed by atoms with Gasteiger partial charge in [0.15, 0.2) is 9.84 Å². The van der Waals surface area contributed by atoms with E-state index in [0.29, 0.717) is 6.54 Å². The number of sulfone groups is 1. The van der Waals surface area contributed by atoms with Crippen molar-refractivity contribution in [3.05, 3.63) is 29.8 Å². The second-order valence-corrected chi connectivity index (χ2v) is 6.31. The highest BCUT2D eigenvalue weighted by Gasteiger charge is 2.09. The van der Waals surface area contributed by atoms with Gasteiger partial charge >= 0.3 is 5.97 Å². The highest BCUT2D eigenvalue weighted by Crippen LogP contribution is 2.10. The van der Waals surface area contributed by atoms with Crippen LogP contribution in [0.25, 0.3) is 0 Å². The molecule has 1 aromatic carbocycles. The molecule has 0 aliphatic carbocycles. The number of hydrogen-bond donors (Lipinski definition) is 3. The predicted octanol–water partition coefficient (Wildman–Crippen LogP) is 0.0153. The fraction of sp³-hybridized carbons (Fsp3) is 0.417. The maximum atomic E-state index is 11.2. The molecule has 0 aromatic heterocycles. The first-order valence-electron chi connectivity index (χ1n) is 5.68. The molecule has 0 aliphatic heterocycles. The first kappa shape index (κ1) is 15.6. The van der Waals surface area contributed by atoms with Crippen LogP contribution in [0.1, 0.15) is 12.0 Å². The lowest BCUT2D eigenvalue weighted by atomic mass is 10.2. The summed E-state index contributed by atoms with van der Waals surface area (Å²) in [5, 5.41) is 20.7. The molecule has 1 unspecified atom stereocenters. The second-order valence-electron chi connectivity index (χ2n) is 4.30. The molecule has 6 nitrogen and oxygen atoms in total. The minimum absolute atomic E-state index is 0.167. The Morgan fingerprint density at radius 1 is 1.32 bits per heavy atom. The number of nitrogens with one attached hydrogen (secondary N) is 1. The summed E-state index contributed by atoms with van der Waals surface area (Å²) in [6.07, 6.45) is -0.101. The molecule has 0 radical (unpaired) electrons. The summed E-state index contributed by atoms with van der Waals surface area (Å²) in [6.45, 7) is 0.598. The number of hydrogen-bond acceptors (Lipinski definition) is 5. The quantitative estimate of drug-likeness (QED) is 0.653. The fourth-order valence-electron chi connectivity index (χ4n) is 1.51. The summed E-state index contributed by atoms with van der Waals surface area (Å²) in [5.41, 5.74) is 0.856. The normalized spacial score (nSPS) is 13.2. The molecule has 1 rings (SSSR count). The smallest absolute Gasteiger partial charge is 0.306 e. The average molecular weight is 287 g/mol. The van der Waals surface area contributed by atoms with Crippen molar-refractivity contribution < 1.29 is 23.4 Å². The van der Waals surface area contributed by atoms with Crippen LogP contribution in [-0.2, 0) is 21.2 Å². The Morgan fingerprint density at radius 3 is 2.37 bits per heavy atom. The number of carboxylic acids is 1. The number of benzene rings is 1. The van der Waals surface area contributed by atoms with Gasteiger partial charge < -0.3 is 15.5 Å². The molecule has 3 N–H and O–H groups in total. The third kappa shape index (κ3) is 5.82. The van der Waals surface area contributed by atoms with Gasteiger partial charge in [0, 0.05) is 19.3 Å². The Bertz CT molecular complexity index is 524. The van der Waals surface area contributed by atoms with Gasteiger partial charge in [0.2, 0.25) is 0 Å². The van der Waals surface area contributed by atoms with Gasteiger partial charge in [-0.05, 0) is 17.7 Å². The van der Waals surface area contributed by atoms with Crippen molar-refractivity contribution in [2.24, 2.45) is 0 Å². The molecule has 0 fully saturated rings. The van der Waals surface area contributed by atoms with Crippen LogP contribution >= 0.6 is 0 Å². The van der Waals surface area contributed by atoms with Gasteiger partial charge in [0.1, 0.15) is 0 Å². The van der Waals surface area contributed by atoms with Crippen molar-refractivity contribution in [1.82, 2.24) is 5.32 Å². The summed E-state index contributed by atoms with van der Waals surface area (Å²) < 4.78 is 22.5. The summed E-state index contributed by atoms with van der Waals surface area (Å²) in [7, 11) is -3.19. The molecular weight excluding hydrogens is 270 g/mol. The van der Waals surface area contributed by atoms with Crippen LogP contribution in [0.5, 0.6) is 0 Å². The van der Waals surface area contributed by atoms with Crippen molar-refractivity contribution >= 4 is 15.8 Å². The van der Waals surface area contributed by atoms with E-state index in [1.807, 2.05) is 0 Å². The van der Waals surface area contributed by atoms with Gasteiger partial charge in [-0.15, -0.1) is 0 Å². The average Bonchev–Trinajstić information content (AvgIpc) is 2.27. The number of rotatable bonds is 7.